The van der Waals surface area contributed by atoms with Gasteiger partial charge < -0.3 is 24.6 Å². The van der Waals surface area contributed by atoms with Gasteiger partial charge in [-0.25, -0.2) is 18.0 Å². The molecule has 40 heavy (non-hydrogen) atoms. The molecule has 9 nitrogen and oxygen atoms in total. The molecule has 3 aromatic carbocycles. The number of nitrogens with zero attached hydrogens (tertiary/aromatic N) is 1. The van der Waals surface area contributed by atoms with E-state index in [-0.39, 0.29) is 28.6 Å². The van der Waals surface area contributed by atoms with Gasteiger partial charge in [0, 0.05) is 11.6 Å². The maximum absolute atomic E-state index is 13.0. The number of aliphatic hydroxyl groups excluding tert-OH is 1. The number of amides is 1. The number of carbonyl (C=O) groups is 2. The van der Waals surface area contributed by atoms with Crippen molar-refractivity contribution in [2.45, 2.75) is 48.7 Å². The molecule has 11 heteroatoms. The Kier molecular flexibility index (Phi) is 10.2. The zero-order valence-corrected chi connectivity index (χ0v) is 24.0. The summed E-state index contributed by atoms with van der Waals surface area (Å²) < 4.78 is 36.7. The number of carbonyl (C=O) groups excluding carboxylic acids is 1. The number of hydrogen-bond donors (Lipinski definition) is 2. The summed E-state index contributed by atoms with van der Waals surface area (Å²) in [6, 6.07) is 18.6. The lowest BCUT2D eigenvalue weighted by molar-refractivity contribution is -0.139. The second-order valence-electron chi connectivity index (χ2n) is 10.0. The maximum Gasteiger partial charge on any atom is 0.410 e. The van der Waals surface area contributed by atoms with Crippen LogP contribution in [0, 0.1) is 0 Å². The Labute approximate surface area is 238 Å². The minimum atomic E-state index is -3.82. The van der Waals surface area contributed by atoms with Crippen LogP contribution in [-0.2, 0) is 25.8 Å². The summed E-state index contributed by atoms with van der Waals surface area (Å²) in [5.74, 6) is -0.894. The number of hydrogen-bond acceptors (Lipinski definition) is 7. The van der Waals surface area contributed by atoms with Gasteiger partial charge in [-0.1, -0.05) is 35.9 Å². The topological polar surface area (TPSA) is 130 Å². The Morgan fingerprint density at radius 3 is 2.12 bits per heavy atom. The van der Waals surface area contributed by atoms with E-state index in [1.807, 2.05) is 0 Å². The van der Waals surface area contributed by atoms with Crippen molar-refractivity contribution >= 4 is 33.5 Å². The first-order chi connectivity index (χ1) is 18.7. The minimum Gasteiger partial charge on any atom is -0.482 e. The second kappa shape index (κ2) is 13.2. The van der Waals surface area contributed by atoms with Gasteiger partial charge in [0.15, 0.2) is 6.61 Å². The van der Waals surface area contributed by atoms with E-state index in [0.29, 0.717) is 17.0 Å². The van der Waals surface area contributed by atoms with Gasteiger partial charge >= 0.3 is 12.1 Å². The van der Waals surface area contributed by atoms with Crippen LogP contribution in [0.4, 0.5) is 4.79 Å². The fourth-order valence-corrected chi connectivity index (χ4v) is 5.17. The molecule has 3 rings (SSSR count). The summed E-state index contributed by atoms with van der Waals surface area (Å²) >= 11 is 6.05. The molecule has 0 heterocycles. The number of ether oxygens (including phenoxy) is 2. The van der Waals surface area contributed by atoms with Gasteiger partial charge in [0.1, 0.15) is 11.4 Å². The van der Waals surface area contributed by atoms with E-state index in [4.69, 9.17) is 26.2 Å². The quantitative estimate of drug-likeness (QED) is 0.314. The van der Waals surface area contributed by atoms with Crippen LogP contribution in [0.5, 0.6) is 5.75 Å². The third-order valence-corrected chi connectivity index (χ3v) is 7.70. The van der Waals surface area contributed by atoms with Crippen molar-refractivity contribution in [1.29, 1.82) is 0 Å². The molecule has 0 fully saturated rings. The lowest BCUT2D eigenvalue weighted by atomic mass is 10.1. The van der Waals surface area contributed by atoms with Crippen molar-refractivity contribution in [1.82, 2.24) is 4.90 Å². The summed E-state index contributed by atoms with van der Waals surface area (Å²) in [7, 11) is -3.82. The number of carboxylic acids is 1. The summed E-state index contributed by atoms with van der Waals surface area (Å²) in [5, 5.41) is 19.9. The molecular weight excluding hydrogens is 558 g/mol. The average molecular weight is 590 g/mol. The fourth-order valence-electron chi connectivity index (χ4n) is 3.71. The molecule has 0 aliphatic rings. The Morgan fingerprint density at radius 2 is 1.57 bits per heavy atom. The SMILES string of the molecule is CC(C)(C)OC(=O)N(CCc1ccc(S(=O)(=O)c2ccc(OCC(=O)O)cc2)cc1)C[C@@H](O)c1cccc(Cl)c1. The molecule has 0 bridgehead atoms. The highest BCUT2D eigenvalue weighted by Crippen LogP contribution is 2.24. The van der Waals surface area contributed by atoms with Crippen LogP contribution >= 0.6 is 11.6 Å². The predicted octanol–water partition coefficient (Wildman–Crippen LogP) is 5.15. The summed E-state index contributed by atoms with van der Waals surface area (Å²) in [5.41, 5.74) is 0.617. The molecule has 0 aliphatic heterocycles. The normalized spacial score (nSPS) is 12.4. The van der Waals surface area contributed by atoms with Gasteiger partial charge in [0.2, 0.25) is 9.84 Å². The molecule has 0 radical (unpaired) electrons. The second-order valence-corrected chi connectivity index (χ2v) is 12.4. The minimum absolute atomic E-state index is 0.0199. The van der Waals surface area contributed by atoms with E-state index in [0.717, 1.165) is 5.56 Å². The molecule has 0 aliphatic carbocycles. The zero-order valence-electron chi connectivity index (χ0n) is 22.4. The summed E-state index contributed by atoms with van der Waals surface area (Å²) in [4.78, 5) is 25.1. The Bertz CT molecular complexity index is 1420. The Hall–Kier alpha value is -3.60. The van der Waals surface area contributed by atoms with Gasteiger partial charge in [-0.3, -0.25) is 0 Å². The first kappa shape index (κ1) is 30.9. The molecule has 0 saturated heterocycles. The molecular formula is C29H32ClNO8S. The highest BCUT2D eigenvalue weighted by Gasteiger charge is 2.25. The lowest BCUT2D eigenvalue weighted by Crippen LogP contribution is -2.40. The Balaban J connectivity index is 1.70. The summed E-state index contributed by atoms with van der Waals surface area (Å²) in [6.45, 7) is 4.94. The number of sulfone groups is 1. The Morgan fingerprint density at radius 1 is 0.975 bits per heavy atom. The van der Waals surface area contributed by atoms with Crippen molar-refractivity contribution in [2.75, 3.05) is 19.7 Å². The third-order valence-electron chi connectivity index (χ3n) is 5.68. The highest BCUT2D eigenvalue weighted by molar-refractivity contribution is 7.91. The maximum atomic E-state index is 13.0. The number of carboxylic acid groups (broad SMARTS) is 1. The van der Waals surface area contributed by atoms with Crippen molar-refractivity contribution in [3.63, 3.8) is 0 Å². The number of aliphatic hydroxyl groups is 1. The van der Waals surface area contributed by atoms with E-state index >= 15 is 0 Å². The average Bonchev–Trinajstić information content (AvgIpc) is 2.89. The van der Waals surface area contributed by atoms with Crippen molar-refractivity contribution < 1.29 is 37.7 Å². The van der Waals surface area contributed by atoms with Crippen LogP contribution in [0.2, 0.25) is 5.02 Å². The van der Waals surface area contributed by atoms with E-state index in [9.17, 15) is 23.1 Å². The number of rotatable bonds is 11. The molecule has 214 valence electrons. The molecule has 3 aromatic rings. The van der Waals surface area contributed by atoms with Crippen LogP contribution in [-0.4, -0.2) is 60.9 Å². The smallest absolute Gasteiger partial charge is 0.410 e. The molecule has 1 atom stereocenters. The van der Waals surface area contributed by atoms with Crippen LogP contribution in [0.1, 0.15) is 38.0 Å². The highest BCUT2D eigenvalue weighted by atomic mass is 35.5. The van der Waals surface area contributed by atoms with Gasteiger partial charge in [-0.15, -0.1) is 0 Å². The van der Waals surface area contributed by atoms with Crippen LogP contribution in [0.3, 0.4) is 0 Å². The monoisotopic (exact) mass is 589 g/mol. The van der Waals surface area contributed by atoms with E-state index in [1.165, 1.54) is 41.3 Å². The predicted molar refractivity (Wildman–Crippen MR) is 149 cm³/mol. The number of benzene rings is 3. The van der Waals surface area contributed by atoms with Crippen molar-refractivity contribution in [3.8, 4) is 5.75 Å². The summed E-state index contributed by atoms with van der Waals surface area (Å²) in [6.07, 6.45) is -1.18. The van der Waals surface area contributed by atoms with Gasteiger partial charge in [0.25, 0.3) is 0 Å². The number of aliphatic carboxylic acids is 1. The zero-order chi connectivity index (χ0) is 29.5. The molecule has 0 spiro atoms. The van der Waals surface area contributed by atoms with Gasteiger partial charge in [-0.05, 0) is 86.8 Å². The first-order valence-electron chi connectivity index (χ1n) is 12.4. The van der Waals surface area contributed by atoms with Gasteiger partial charge in [-0.2, -0.15) is 0 Å². The van der Waals surface area contributed by atoms with Crippen molar-refractivity contribution in [2.24, 2.45) is 0 Å². The molecule has 1 amide bonds. The van der Waals surface area contributed by atoms with Crippen LogP contribution in [0.25, 0.3) is 0 Å². The van der Waals surface area contributed by atoms with Crippen molar-refractivity contribution in [3.05, 3.63) is 88.9 Å². The standard InChI is InChI=1S/C29H32ClNO8S/c1-29(2,3)39-28(35)31(18-26(32)21-5-4-6-22(30)17-21)16-15-20-7-11-24(12-8-20)40(36,37)25-13-9-23(10-14-25)38-19-27(33)34/h4-14,17,26,32H,15-16,18-19H2,1-3H3,(H,33,34)/t26-/m1/s1. The third kappa shape index (κ3) is 8.97. The van der Waals surface area contributed by atoms with E-state index in [1.54, 1.807) is 57.2 Å². The number of halogens is 1. The fraction of sp³-hybridized carbons (Fsp3) is 0.310. The lowest BCUT2D eigenvalue weighted by Gasteiger charge is -2.29. The van der Waals surface area contributed by atoms with Crippen LogP contribution < -0.4 is 4.74 Å². The molecule has 0 unspecified atom stereocenters. The first-order valence-corrected chi connectivity index (χ1v) is 14.3. The van der Waals surface area contributed by atoms with Crippen LogP contribution in [0.15, 0.2) is 82.6 Å². The van der Waals surface area contributed by atoms with Gasteiger partial charge in [0.05, 0.1) is 22.4 Å². The molecule has 0 saturated carbocycles. The van der Waals surface area contributed by atoms with E-state index < -0.39 is 40.2 Å². The largest absolute Gasteiger partial charge is 0.482 e. The van der Waals surface area contributed by atoms with E-state index in [2.05, 4.69) is 0 Å². The molecule has 2 N–H and O–H groups in total. The molecule has 0 aromatic heterocycles.